The Morgan fingerprint density at radius 2 is 2.00 bits per heavy atom. The first-order valence-electron chi connectivity index (χ1n) is 6.26. The molecule has 0 saturated heterocycles. The van der Waals surface area contributed by atoms with E-state index in [2.05, 4.69) is 9.82 Å². The van der Waals surface area contributed by atoms with Crippen LogP contribution < -0.4 is 10.5 Å². The summed E-state index contributed by atoms with van der Waals surface area (Å²) in [6, 6.07) is 8.02. The molecule has 0 unspecified atom stereocenters. The zero-order chi connectivity index (χ0) is 15.5. The minimum Gasteiger partial charge on any atom is -0.389 e. The van der Waals surface area contributed by atoms with Crippen LogP contribution in [0.1, 0.15) is 11.3 Å². The van der Waals surface area contributed by atoms with E-state index in [1.165, 1.54) is 12.1 Å². The molecule has 0 aliphatic carbocycles. The normalized spacial score (nSPS) is 11.5. The van der Waals surface area contributed by atoms with Crippen LogP contribution in [-0.4, -0.2) is 29.7 Å². The number of nitrogens with two attached hydrogens (primary N) is 1. The lowest BCUT2D eigenvalue weighted by molar-refractivity contribution is 0.579. The maximum Gasteiger partial charge on any atom is 0.240 e. The molecule has 112 valence electrons. The summed E-state index contributed by atoms with van der Waals surface area (Å²) >= 11 is 4.83. The summed E-state index contributed by atoms with van der Waals surface area (Å²) in [7, 11) is -1.71. The van der Waals surface area contributed by atoms with E-state index >= 15 is 0 Å². The monoisotopic (exact) mass is 324 g/mol. The van der Waals surface area contributed by atoms with Crippen LogP contribution >= 0.6 is 12.2 Å². The van der Waals surface area contributed by atoms with E-state index in [-0.39, 0.29) is 9.88 Å². The Hall–Kier alpha value is -1.77. The van der Waals surface area contributed by atoms with Gasteiger partial charge in [-0.15, -0.1) is 0 Å². The lowest BCUT2D eigenvalue weighted by Crippen LogP contribution is -2.26. The second kappa shape index (κ2) is 6.33. The van der Waals surface area contributed by atoms with E-state index in [0.29, 0.717) is 18.5 Å². The van der Waals surface area contributed by atoms with E-state index in [0.717, 1.165) is 5.69 Å². The van der Waals surface area contributed by atoms with E-state index in [9.17, 15) is 8.42 Å². The molecule has 3 N–H and O–H groups in total. The fraction of sp³-hybridized carbons (Fsp3) is 0.231. The maximum absolute atomic E-state index is 12.1. The summed E-state index contributed by atoms with van der Waals surface area (Å²) < 4.78 is 28.5. The quantitative estimate of drug-likeness (QED) is 0.759. The molecule has 0 amide bonds. The van der Waals surface area contributed by atoms with Crippen LogP contribution in [0.4, 0.5) is 0 Å². The van der Waals surface area contributed by atoms with Crippen molar-refractivity contribution in [1.29, 1.82) is 0 Å². The molecule has 0 bridgehead atoms. The van der Waals surface area contributed by atoms with Crippen LogP contribution in [0.5, 0.6) is 0 Å². The van der Waals surface area contributed by atoms with Gasteiger partial charge in [0.2, 0.25) is 10.0 Å². The predicted octanol–water partition coefficient (Wildman–Crippen LogP) is 0.575. The molecule has 8 heteroatoms. The molecular weight excluding hydrogens is 308 g/mol. The number of aryl methyl sites for hydroxylation is 1. The van der Waals surface area contributed by atoms with Crippen molar-refractivity contribution in [3.63, 3.8) is 0 Å². The molecule has 6 nitrogen and oxygen atoms in total. The number of rotatable bonds is 6. The highest BCUT2D eigenvalue weighted by molar-refractivity contribution is 7.89. The third kappa shape index (κ3) is 3.87. The lowest BCUT2D eigenvalue weighted by atomic mass is 10.2. The number of nitrogens with zero attached hydrogens (tertiary/aromatic N) is 2. The number of hydrogen-bond donors (Lipinski definition) is 2. The van der Waals surface area contributed by atoms with Crippen LogP contribution in [0.15, 0.2) is 41.4 Å². The van der Waals surface area contributed by atoms with Crippen molar-refractivity contribution in [1.82, 2.24) is 14.5 Å². The van der Waals surface area contributed by atoms with Crippen LogP contribution in [-0.2, 0) is 23.5 Å². The highest BCUT2D eigenvalue weighted by Crippen LogP contribution is 2.10. The molecule has 0 radical (unpaired) electrons. The van der Waals surface area contributed by atoms with E-state index in [4.69, 9.17) is 18.0 Å². The summed E-state index contributed by atoms with van der Waals surface area (Å²) in [5, 5.41) is 4.03. The first kappa shape index (κ1) is 15.6. The van der Waals surface area contributed by atoms with Gasteiger partial charge in [0.05, 0.1) is 4.90 Å². The van der Waals surface area contributed by atoms with Crippen LogP contribution in [0.2, 0.25) is 0 Å². The number of nitrogens with one attached hydrogen (secondary N) is 1. The van der Waals surface area contributed by atoms with Gasteiger partial charge in [-0.2, -0.15) is 5.10 Å². The van der Waals surface area contributed by atoms with Gasteiger partial charge in [0, 0.05) is 37.5 Å². The largest absolute Gasteiger partial charge is 0.389 e. The van der Waals surface area contributed by atoms with Gasteiger partial charge < -0.3 is 5.73 Å². The van der Waals surface area contributed by atoms with Gasteiger partial charge in [-0.3, -0.25) is 4.68 Å². The summed E-state index contributed by atoms with van der Waals surface area (Å²) in [5.74, 6) is 0. The highest BCUT2D eigenvalue weighted by atomic mass is 32.2. The molecule has 0 aliphatic heterocycles. The van der Waals surface area contributed by atoms with Gasteiger partial charge in [-0.25, -0.2) is 13.1 Å². The smallest absolute Gasteiger partial charge is 0.240 e. The van der Waals surface area contributed by atoms with Crippen molar-refractivity contribution in [2.75, 3.05) is 6.54 Å². The number of thiocarbonyl (C=S) groups is 1. The number of sulfonamides is 1. The summed E-state index contributed by atoms with van der Waals surface area (Å²) in [4.78, 5) is 0.427. The molecule has 2 rings (SSSR count). The van der Waals surface area contributed by atoms with Gasteiger partial charge in [0.15, 0.2) is 0 Å². The summed E-state index contributed by atoms with van der Waals surface area (Å²) in [6.07, 6.45) is 2.25. The van der Waals surface area contributed by atoms with E-state index in [1.807, 2.05) is 13.1 Å². The Labute approximate surface area is 129 Å². The van der Waals surface area contributed by atoms with Crippen molar-refractivity contribution in [2.45, 2.75) is 11.3 Å². The molecule has 1 aromatic heterocycles. The van der Waals surface area contributed by atoms with E-state index < -0.39 is 10.0 Å². The second-order valence-corrected chi connectivity index (χ2v) is 6.69. The Morgan fingerprint density at radius 3 is 2.52 bits per heavy atom. The minimum absolute atomic E-state index is 0.188. The first-order chi connectivity index (χ1) is 9.90. The van der Waals surface area contributed by atoms with Crippen molar-refractivity contribution >= 4 is 27.2 Å². The van der Waals surface area contributed by atoms with Gasteiger partial charge in [-0.05, 0) is 18.2 Å². The highest BCUT2D eigenvalue weighted by Gasteiger charge is 2.13. The molecular formula is C13H16N4O2S2. The van der Waals surface area contributed by atoms with Crippen molar-refractivity contribution < 1.29 is 8.42 Å². The van der Waals surface area contributed by atoms with Crippen molar-refractivity contribution in [3.8, 4) is 0 Å². The molecule has 0 saturated carbocycles. The fourth-order valence-electron chi connectivity index (χ4n) is 1.84. The minimum atomic E-state index is -3.53. The topological polar surface area (TPSA) is 90.0 Å². The second-order valence-electron chi connectivity index (χ2n) is 4.48. The zero-order valence-corrected chi connectivity index (χ0v) is 13.1. The molecule has 1 aromatic carbocycles. The third-order valence-corrected chi connectivity index (χ3v) is 4.76. The number of benzene rings is 1. The number of hydrogen-bond acceptors (Lipinski definition) is 4. The van der Waals surface area contributed by atoms with Gasteiger partial charge in [0.25, 0.3) is 0 Å². The maximum atomic E-state index is 12.1. The average molecular weight is 324 g/mol. The molecule has 0 atom stereocenters. The fourth-order valence-corrected chi connectivity index (χ4v) is 3.01. The molecule has 1 heterocycles. The van der Waals surface area contributed by atoms with Crippen LogP contribution in [0.25, 0.3) is 0 Å². The molecule has 0 aliphatic rings. The van der Waals surface area contributed by atoms with Gasteiger partial charge >= 0.3 is 0 Å². The average Bonchev–Trinajstić information content (AvgIpc) is 2.84. The number of aromatic nitrogens is 2. The van der Waals surface area contributed by atoms with Crippen molar-refractivity contribution in [3.05, 3.63) is 47.8 Å². The molecule has 21 heavy (non-hydrogen) atoms. The molecule has 0 fully saturated rings. The molecule has 0 spiro atoms. The Balaban J connectivity index is 2.01. The lowest BCUT2D eigenvalue weighted by Gasteiger charge is -2.07. The zero-order valence-electron chi connectivity index (χ0n) is 11.5. The van der Waals surface area contributed by atoms with E-state index in [1.54, 1.807) is 23.0 Å². The third-order valence-electron chi connectivity index (χ3n) is 3.04. The van der Waals surface area contributed by atoms with Crippen LogP contribution in [0, 0.1) is 0 Å². The predicted molar refractivity (Wildman–Crippen MR) is 84.4 cm³/mol. The SMILES string of the molecule is Cn1nccc1CCNS(=O)(=O)c1ccc(C(N)=S)cc1. The summed E-state index contributed by atoms with van der Waals surface area (Å²) in [5.41, 5.74) is 7.08. The summed E-state index contributed by atoms with van der Waals surface area (Å²) in [6.45, 7) is 0.304. The Bertz CT molecular complexity index is 736. The first-order valence-corrected chi connectivity index (χ1v) is 8.16. The Morgan fingerprint density at radius 1 is 1.33 bits per heavy atom. The van der Waals surface area contributed by atoms with Gasteiger partial charge in [-0.1, -0.05) is 24.4 Å². The van der Waals surface area contributed by atoms with Crippen molar-refractivity contribution in [2.24, 2.45) is 12.8 Å². The Kier molecular flexibility index (Phi) is 4.71. The van der Waals surface area contributed by atoms with Crippen LogP contribution in [0.3, 0.4) is 0 Å². The van der Waals surface area contributed by atoms with Gasteiger partial charge in [0.1, 0.15) is 4.99 Å². The standard InChI is InChI=1S/C13H16N4O2S2/c1-17-11(6-8-15-17)7-9-16-21(18,19)12-4-2-10(3-5-12)13(14)20/h2-6,8,16H,7,9H2,1H3,(H2,14,20). The molecule has 2 aromatic rings.